The van der Waals surface area contributed by atoms with E-state index in [9.17, 15) is 4.79 Å². The fourth-order valence-corrected chi connectivity index (χ4v) is 1.55. The fraction of sp³-hybridized carbons (Fsp3) is 0.750. The van der Waals surface area contributed by atoms with E-state index in [2.05, 4.69) is 18.2 Å². The lowest BCUT2D eigenvalue weighted by molar-refractivity contribution is -0.130. The van der Waals surface area contributed by atoms with Crippen LogP contribution < -0.4 is 5.32 Å². The van der Waals surface area contributed by atoms with E-state index in [0.717, 1.165) is 25.4 Å². The van der Waals surface area contributed by atoms with Crippen LogP contribution in [0.1, 0.15) is 26.2 Å². The molecule has 0 heterocycles. The molecule has 1 N–H and O–H groups in total. The average molecular weight is 208 g/mol. The van der Waals surface area contributed by atoms with E-state index in [1.165, 1.54) is 12.8 Å². The number of carbonyl (C=O) groups excluding carboxylic acids is 1. The summed E-state index contributed by atoms with van der Waals surface area (Å²) in [5.74, 6) is 3.40. The van der Waals surface area contributed by atoms with Crippen molar-refractivity contribution in [2.75, 3.05) is 26.2 Å². The zero-order valence-electron chi connectivity index (χ0n) is 9.46. The molecule has 15 heavy (non-hydrogen) atoms. The van der Waals surface area contributed by atoms with Gasteiger partial charge in [0.2, 0.25) is 5.91 Å². The van der Waals surface area contributed by atoms with Crippen LogP contribution in [0.25, 0.3) is 0 Å². The first-order valence-corrected chi connectivity index (χ1v) is 5.69. The van der Waals surface area contributed by atoms with Gasteiger partial charge < -0.3 is 4.90 Å². The first kappa shape index (κ1) is 12.1. The van der Waals surface area contributed by atoms with Crippen molar-refractivity contribution >= 4 is 5.91 Å². The molecule has 0 aromatic carbocycles. The maximum absolute atomic E-state index is 11.8. The summed E-state index contributed by atoms with van der Waals surface area (Å²) in [6, 6.07) is 0. The summed E-state index contributed by atoms with van der Waals surface area (Å²) in [6.07, 6.45) is 8.69. The second kappa shape index (κ2) is 6.47. The summed E-state index contributed by atoms with van der Waals surface area (Å²) in [7, 11) is 0. The lowest BCUT2D eigenvalue weighted by atomic mass is 10.3. The first-order chi connectivity index (χ1) is 7.27. The largest absolute Gasteiger partial charge is 0.341 e. The van der Waals surface area contributed by atoms with Crippen molar-refractivity contribution in [1.82, 2.24) is 10.2 Å². The van der Waals surface area contributed by atoms with E-state index in [0.29, 0.717) is 13.1 Å². The van der Waals surface area contributed by atoms with Crippen LogP contribution in [-0.2, 0) is 4.79 Å². The van der Waals surface area contributed by atoms with Crippen LogP contribution in [0.3, 0.4) is 0 Å². The third-order valence-electron chi connectivity index (χ3n) is 2.53. The Morgan fingerprint density at radius 3 is 2.87 bits per heavy atom. The molecule has 3 nitrogen and oxygen atoms in total. The van der Waals surface area contributed by atoms with Gasteiger partial charge in [0.25, 0.3) is 0 Å². The normalized spacial score (nSPS) is 14.7. The maximum Gasteiger partial charge on any atom is 0.236 e. The van der Waals surface area contributed by atoms with Gasteiger partial charge in [-0.15, -0.1) is 6.42 Å². The minimum absolute atomic E-state index is 0.180. The number of terminal acetylenes is 1. The van der Waals surface area contributed by atoms with Gasteiger partial charge in [0, 0.05) is 13.1 Å². The number of carbonyl (C=O) groups is 1. The van der Waals surface area contributed by atoms with Gasteiger partial charge in [-0.2, -0.15) is 0 Å². The third-order valence-corrected chi connectivity index (χ3v) is 2.53. The molecule has 1 saturated carbocycles. The molecule has 1 aliphatic rings. The molecule has 0 aromatic heterocycles. The van der Waals surface area contributed by atoms with Crippen LogP contribution in [0.4, 0.5) is 0 Å². The maximum atomic E-state index is 11.8. The molecule has 1 amide bonds. The molecule has 84 valence electrons. The van der Waals surface area contributed by atoms with E-state index in [1.807, 2.05) is 4.90 Å². The van der Waals surface area contributed by atoms with Gasteiger partial charge in [-0.25, -0.2) is 0 Å². The lowest BCUT2D eigenvalue weighted by Gasteiger charge is -2.22. The molecule has 0 atom stereocenters. The Labute approximate surface area is 92.2 Å². The number of nitrogens with one attached hydrogen (secondary N) is 1. The predicted octanol–water partition coefficient (Wildman–Crippen LogP) is 0.858. The average Bonchev–Trinajstić information content (AvgIpc) is 3.01. The van der Waals surface area contributed by atoms with Crippen molar-refractivity contribution in [2.45, 2.75) is 26.2 Å². The molecule has 0 aliphatic heterocycles. The number of amides is 1. The van der Waals surface area contributed by atoms with Crippen LogP contribution >= 0.6 is 0 Å². The summed E-state index contributed by atoms with van der Waals surface area (Å²) < 4.78 is 0. The Hall–Kier alpha value is -1.01. The molecular weight excluding hydrogens is 188 g/mol. The highest BCUT2D eigenvalue weighted by molar-refractivity contribution is 5.78. The van der Waals surface area contributed by atoms with Crippen LogP contribution in [0.15, 0.2) is 0 Å². The second-order valence-corrected chi connectivity index (χ2v) is 4.09. The van der Waals surface area contributed by atoms with Gasteiger partial charge in [-0.1, -0.05) is 12.8 Å². The first-order valence-electron chi connectivity index (χ1n) is 5.69. The molecule has 1 fully saturated rings. The standard InChI is InChI=1S/C12H20N2O/c1-3-7-13-9-12(15)14(8-4-2)10-11-5-6-11/h1,11,13H,4-10H2,2H3. The van der Waals surface area contributed by atoms with Gasteiger partial charge in [0.15, 0.2) is 0 Å². The molecule has 0 spiro atoms. The second-order valence-electron chi connectivity index (χ2n) is 4.09. The SMILES string of the molecule is C#CCNCC(=O)N(CCC)CC1CC1. The highest BCUT2D eigenvalue weighted by Gasteiger charge is 2.25. The summed E-state index contributed by atoms with van der Waals surface area (Å²) in [5.41, 5.74) is 0. The minimum Gasteiger partial charge on any atom is -0.341 e. The minimum atomic E-state index is 0.180. The van der Waals surface area contributed by atoms with Crippen LogP contribution in [0.5, 0.6) is 0 Å². The van der Waals surface area contributed by atoms with E-state index in [-0.39, 0.29) is 5.91 Å². The van der Waals surface area contributed by atoms with Gasteiger partial charge in [0.1, 0.15) is 0 Å². The Kier molecular flexibility index (Phi) is 5.20. The fourth-order valence-electron chi connectivity index (χ4n) is 1.55. The zero-order chi connectivity index (χ0) is 11.1. The number of hydrogen-bond acceptors (Lipinski definition) is 2. The number of hydrogen-bond donors (Lipinski definition) is 1. The third kappa shape index (κ3) is 4.85. The molecular formula is C12H20N2O. The quantitative estimate of drug-likeness (QED) is 0.497. The molecule has 0 bridgehead atoms. The van der Waals surface area contributed by atoms with Gasteiger partial charge in [-0.3, -0.25) is 10.1 Å². The number of nitrogens with zero attached hydrogens (tertiary/aromatic N) is 1. The molecule has 1 rings (SSSR count). The van der Waals surface area contributed by atoms with Gasteiger partial charge in [-0.05, 0) is 25.2 Å². The van der Waals surface area contributed by atoms with E-state index >= 15 is 0 Å². The van der Waals surface area contributed by atoms with Crippen molar-refractivity contribution in [1.29, 1.82) is 0 Å². The van der Waals surface area contributed by atoms with Crippen LogP contribution in [0, 0.1) is 18.3 Å². The van der Waals surface area contributed by atoms with Crippen LogP contribution in [-0.4, -0.2) is 37.0 Å². The summed E-state index contributed by atoms with van der Waals surface area (Å²) in [6.45, 7) is 4.74. The smallest absolute Gasteiger partial charge is 0.236 e. The topological polar surface area (TPSA) is 32.3 Å². The van der Waals surface area contributed by atoms with Crippen molar-refractivity contribution in [3.8, 4) is 12.3 Å². The summed E-state index contributed by atoms with van der Waals surface area (Å²) in [4.78, 5) is 13.7. The molecule has 1 aliphatic carbocycles. The van der Waals surface area contributed by atoms with Crippen molar-refractivity contribution in [3.63, 3.8) is 0 Å². The Bertz CT molecular complexity index is 240. The molecule has 0 aromatic rings. The Morgan fingerprint density at radius 1 is 1.60 bits per heavy atom. The van der Waals surface area contributed by atoms with Crippen LogP contribution in [0.2, 0.25) is 0 Å². The molecule has 0 unspecified atom stereocenters. The number of rotatable bonds is 7. The lowest BCUT2D eigenvalue weighted by Crippen LogP contribution is -2.39. The molecule has 3 heteroatoms. The monoisotopic (exact) mass is 208 g/mol. The summed E-state index contributed by atoms with van der Waals surface area (Å²) in [5, 5.41) is 2.94. The van der Waals surface area contributed by atoms with E-state index in [1.54, 1.807) is 0 Å². The van der Waals surface area contributed by atoms with E-state index in [4.69, 9.17) is 6.42 Å². The zero-order valence-corrected chi connectivity index (χ0v) is 9.46. The van der Waals surface area contributed by atoms with Gasteiger partial charge in [0.05, 0.1) is 13.1 Å². The van der Waals surface area contributed by atoms with Crippen molar-refractivity contribution in [3.05, 3.63) is 0 Å². The Morgan fingerprint density at radius 2 is 2.33 bits per heavy atom. The van der Waals surface area contributed by atoms with Gasteiger partial charge >= 0.3 is 0 Å². The summed E-state index contributed by atoms with van der Waals surface area (Å²) >= 11 is 0. The predicted molar refractivity (Wildman–Crippen MR) is 61.3 cm³/mol. The molecule has 0 radical (unpaired) electrons. The van der Waals surface area contributed by atoms with Crippen molar-refractivity contribution in [2.24, 2.45) is 5.92 Å². The highest BCUT2D eigenvalue weighted by Crippen LogP contribution is 2.29. The van der Waals surface area contributed by atoms with Crippen molar-refractivity contribution < 1.29 is 4.79 Å². The molecule has 0 saturated heterocycles. The highest BCUT2D eigenvalue weighted by atomic mass is 16.2. The Balaban J connectivity index is 2.26. The van der Waals surface area contributed by atoms with E-state index < -0.39 is 0 Å².